The van der Waals surface area contributed by atoms with Crippen LogP contribution in [0.15, 0.2) is 47.5 Å². The molecule has 0 radical (unpaired) electrons. The van der Waals surface area contributed by atoms with E-state index in [9.17, 15) is 4.79 Å². The minimum absolute atomic E-state index is 0.0911. The summed E-state index contributed by atoms with van der Waals surface area (Å²) in [5, 5.41) is 0.879. The number of carbonyl (C=O) groups excluding carboxylic acids is 1. The molecule has 146 valence electrons. The molecule has 0 spiro atoms. The third-order valence-electron chi connectivity index (χ3n) is 5.04. The quantitative estimate of drug-likeness (QED) is 0.831. The lowest BCUT2D eigenvalue weighted by atomic mass is 10.1. The summed E-state index contributed by atoms with van der Waals surface area (Å²) >= 11 is 12.1. The van der Waals surface area contributed by atoms with Crippen LogP contribution in [0, 0.1) is 0 Å². The van der Waals surface area contributed by atoms with Crippen molar-refractivity contribution in [2.24, 2.45) is 4.99 Å². The number of rotatable bonds is 3. The summed E-state index contributed by atoms with van der Waals surface area (Å²) in [6.07, 6.45) is 0.354. The number of anilines is 1. The molecule has 1 saturated heterocycles. The molecule has 7 heteroatoms. The Labute approximate surface area is 174 Å². The molecule has 1 amide bonds. The average Bonchev–Trinajstić information content (AvgIpc) is 2.90. The lowest BCUT2D eigenvalue weighted by Crippen LogP contribution is -3.17. The number of hydrogen-bond donors (Lipinski definition) is 1. The molecule has 4 rings (SSSR count). The van der Waals surface area contributed by atoms with Crippen LogP contribution in [-0.2, 0) is 9.53 Å². The zero-order chi connectivity index (χ0) is 19.8. The summed E-state index contributed by atoms with van der Waals surface area (Å²) in [5.41, 5.74) is 2.77. The van der Waals surface area contributed by atoms with Gasteiger partial charge in [-0.2, -0.15) is 0 Å². The molecule has 0 bridgehead atoms. The summed E-state index contributed by atoms with van der Waals surface area (Å²) in [6.45, 7) is 6.48. The second-order valence-corrected chi connectivity index (χ2v) is 8.20. The van der Waals surface area contributed by atoms with E-state index in [0.29, 0.717) is 28.1 Å². The van der Waals surface area contributed by atoms with Gasteiger partial charge in [-0.05, 0) is 38.1 Å². The average molecular weight is 419 g/mol. The number of quaternary nitrogens is 1. The van der Waals surface area contributed by atoms with Crippen molar-refractivity contribution in [2.45, 2.75) is 26.1 Å². The number of nitrogens with zero attached hydrogens (tertiary/aromatic N) is 2. The van der Waals surface area contributed by atoms with Crippen LogP contribution in [0.3, 0.4) is 0 Å². The van der Waals surface area contributed by atoms with Gasteiger partial charge in [0.2, 0.25) is 0 Å². The van der Waals surface area contributed by atoms with Gasteiger partial charge >= 0.3 is 0 Å². The number of halogens is 2. The minimum atomic E-state index is -0.0911. The Morgan fingerprint density at radius 3 is 2.54 bits per heavy atom. The number of fused-ring (bicyclic) bond motifs is 1. The van der Waals surface area contributed by atoms with Crippen molar-refractivity contribution in [3.63, 3.8) is 0 Å². The molecule has 0 aromatic heterocycles. The Kier molecular flexibility index (Phi) is 5.43. The van der Waals surface area contributed by atoms with Gasteiger partial charge in [0.25, 0.3) is 5.91 Å². The fourth-order valence-corrected chi connectivity index (χ4v) is 4.24. The molecular formula is C21H22Cl2N3O2+. The predicted molar refractivity (Wildman–Crippen MR) is 112 cm³/mol. The Balaban J connectivity index is 1.66. The summed E-state index contributed by atoms with van der Waals surface area (Å²) in [6, 6.07) is 12.9. The summed E-state index contributed by atoms with van der Waals surface area (Å²) in [4.78, 5) is 21.0. The number of carbonyl (C=O) groups is 1. The lowest BCUT2D eigenvalue weighted by molar-refractivity contribution is -0.913. The topological polar surface area (TPSA) is 46.3 Å². The summed E-state index contributed by atoms with van der Waals surface area (Å²) in [5.74, 6) is -0.0911. The highest BCUT2D eigenvalue weighted by atomic mass is 35.5. The fourth-order valence-electron chi connectivity index (χ4n) is 3.95. The van der Waals surface area contributed by atoms with Crippen LogP contribution in [0.25, 0.3) is 0 Å². The van der Waals surface area contributed by atoms with Crippen LogP contribution >= 0.6 is 23.2 Å². The molecule has 2 atom stereocenters. The first-order valence-electron chi connectivity index (χ1n) is 9.36. The number of nitrogens with one attached hydrogen (secondary N) is 1. The van der Waals surface area contributed by atoms with Crippen molar-refractivity contribution in [3.05, 3.63) is 58.1 Å². The van der Waals surface area contributed by atoms with Crippen molar-refractivity contribution in [1.82, 2.24) is 0 Å². The van der Waals surface area contributed by atoms with Crippen LogP contribution in [0.4, 0.5) is 11.4 Å². The molecule has 0 unspecified atom stereocenters. The summed E-state index contributed by atoms with van der Waals surface area (Å²) < 4.78 is 5.83. The van der Waals surface area contributed by atoms with Crippen molar-refractivity contribution in [3.8, 4) is 0 Å². The van der Waals surface area contributed by atoms with Gasteiger partial charge in [0.15, 0.2) is 6.67 Å². The molecule has 5 nitrogen and oxygen atoms in total. The number of para-hydroxylation sites is 1. The Morgan fingerprint density at radius 2 is 1.82 bits per heavy atom. The van der Waals surface area contributed by atoms with Crippen molar-refractivity contribution >= 4 is 46.2 Å². The summed E-state index contributed by atoms with van der Waals surface area (Å²) in [7, 11) is 0. The number of amides is 1. The van der Waals surface area contributed by atoms with Crippen LogP contribution in [0.1, 0.15) is 19.4 Å². The molecule has 1 fully saturated rings. The zero-order valence-corrected chi connectivity index (χ0v) is 17.3. The van der Waals surface area contributed by atoms with E-state index < -0.39 is 0 Å². The van der Waals surface area contributed by atoms with Crippen LogP contribution in [0.5, 0.6) is 0 Å². The third-order valence-corrected chi connectivity index (χ3v) is 5.78. The fraction of sp³-hybridized carbons (Fsp3) is 0.333. The first-order chi connectivity index (χ1) is 13.4. The maximum absolute atomic E-state index is 13.2. The van der Waals surface area contributed by atoms with Gasteiger partial charge in [0.05, 0.1) is 21.4 Å². The van der Waals surface area contributed by atoms with E-state index >= 15 is 0 Å². The van der Waals surface area contributed by atoms with Crippen molar-refractivity contribution in [2.75, 3.05) is 24.7 Å². The maximum atomic E-state index is 13.2. The van der Waals surface area contributed by atoms with Gasteiger partial charge in [-0.25, -0.2) is 4.99 Å². The number of hydrogen-bond acceptors (Lipinski definition) is 3. The molecule has 1 N–H and O–H groups in total. The van der Waals surface area contributed by atoms with Crippen molar-refractivity contribution in [1.29, 1.82) is 0 Å². The second kappa shape index (κ2) is 7.84. The molecule has 0 saturated carbocycles. The third kappa shape index (κ3) is 3.80. The monoisotopic (exact) mass is 418 g/mol. The van der Waals surface area contributed by atoms with E-state index in [1.807, 2.05) is 29.2 Å². The minimum Gasteiger partial charge on any atom is -0.364 e. The van der Waals surface area contributed by atoms with E-state index in [1.54, 1.807) is 18.2 Å². The molecule has 0 aliphatic carbocycles. The highest BCUT2D eigenvalue weighted by Crippen LogP contribution is 2.32. The van der Waals surface area contributed by atoms with Crippen LogP contribution < -0.4 is 9.80 Å². The Morgan fingerprint density at radius 1 is 1.11 bits per heavy atom. The van der Waals surface area contributed by atoms with E-state index in [-0.39, 0.29) is 18.1 Å². The maximum Gasteiger partial charge on any atom is 0.281 e. The van der Waals surface area contributed by atoms with Gasteiger partial charge in [-0.15, -0.1) is 0 Å². The highest BCUT2D eigenvalue weighted by Gasteiger charge is 2.37. The molecule has 2 heterocycles. The predicted octanol–water partition coefficient (Wildman–Crippen LogP) is 3.11. The standard InChI is InChI=1S/C21H21Cl2N3O2/c1-13-10-25(11-14(2)28-13)12-26-19-6-4-3-5-16(19)20(21(26)27)24-15-7-8-17(22)18(23)9-15/h3-9,13-14H,10-12H2,1-2H3/p+1/t13-,14-/m1/s1. The van der Waals surface area contributed by atoms with Crippen LogP contribution in [0.2, 0.25) is 10.0 Å². The first kappa shape index (κ1) is 19.4. The van der Waals surface area contributed by atoms with Gasteiger partial charge < -0.3 is 9.64 Å². The van der Waals surface area contributed by atoms with E-state index in [1.165, 1.54) is 4.90 Å². The van der Waals surface area contributed by atoms with E-state index in [0.717, 1.165) is 24.3 Å². The normalized spacial score (nSPS) is 26.0. The smallest absolute Gasteiger partial charge is 0.281 e. The van der Waals surface area contributed by atoms with Crippen LogP contribution in [-0.4, -0.2) is 43.6 Å². The number of benzene rings is 2. The van der Waals surface area contributed by atoms with Gasteiger partial charge in [-0.1, -0.05) is 41.4 Å². The SMILES string of the molecule is C[C@@H]1C[NH+](CN2C(=O)C(=Nc3ccc(Cl)c(Cl)c3)c3ccccc32)C[C@@H](C)O1. The van der Waals surface area contributed by atoms with Gasteiger partial charge in [0, 0.05) is 5.56 Å². The number of morpholine rings is 1. The van der Waals surface area contributed by atoms with Crippen molar-refractivity contribution < 1.29 is 14.4 Å². The first-order valence-corrected chi connectivity index (χ1v) is 10.1. The second-order valence-electron chi connectivity index (χ2n) is 7.38. The molecule has 2 aromatic carbocycles. The molecular weight excluding hydrogens is 397 g/mol. The number of ether oxygens (including phenoxy) is 1. The molecule has 2 aliphatic rings. The Hall–Kier alpha value is -1.92. The number of aliphatic imine (C=N–C) groups is 1. The van der Waals surface area contributed by atoms with E-state index in [2.05, 4.69) is 18.8 Å². The zero-order valence-electron chi connectivity index (χ0n) is 15.8. The Bertz CT molecular complexity index is 937. The van der Waals surface area contributed by atoms with Gasteiger partial charge in [0.1, 0.15) is 31.0 Å². The lowest BCUT2D eigenvalue weighted by Gasteiger charge is -2.34. The van der Waals surface area contributed by atoms with E-state index in [4.69, 9.17) is 27.9 Å². The molecule has 2 aromatic rings. The molecule has 28 heavy (non-hydrogen) atoms. The van der Waals surface area contributed by atoms with Gasteiger partial charge in [-0.3, -0.25) is 9.69 Å². The molecule has 2 aliphatic heterocycles. The largest absolute Gasteiger partial charge is 0.364 e. The highest BCUT2D eigenvalue weighted by molar-refractivity contribution is 6.54.